The maximum atomic E-state index is 14.0. The van der Waals surface area contributed by atoms with Gasteiger partial charge in [0.15, 0.2) is 0 Å². The van der Waals surface area contributed by atoms with Gasteiger partial charge < -0.3 is 20.7 Å². The fourth-order valence-corrected chi connectivity index (χ4v) is 5.85. The van der Waals surface area contributed by atoms with E-state index >= 15 is 0 Å². The van der Waals surface area contributed by atoms with Gasteiger partial charge in [-0.1, -0.05) is 52.3 Å². The first kappa shape index (κ1) is 36.0. The zero-order chi connectivity index (χ0) is 34.4. The Morgan fingerprint density at radius 2 is 1.43 bits per heavy atom. The van der Waals surface area contributed by atoms with E-state index in [9.17, 15) is 36.3 Å². The van der Waals surface area contributed by atoms with Crippen molar-refractivity contribution < 1.29 is 41.1 Å². The predicted octanol–water partition coefficient (Wildman–Crippen LogP) is 6.48. The molecule has 1 saturated carbocycles. The second-order valence-electron chi connectivity index (χ2n) is 12.2. The fourth-order valence-electron chi connectivity index (χ4n) is 5.59. The minimum atomic E-state index is -5.11. The highest BCUT2D eigenvalue weighted by Crippen LogP contribution is 2.39. The van der Waals surface area contributed by atoms with Gasteiger partial charge in [0.25, 0.3) is 0 Å². The minimum Gasteiger partial charge on any atom is -0.457 e. The summed E-state index contributed by atoms with van der Waals surface area (Å²) in [5.74, 6) is -4.62. The van der Waals surface area contributed by atoms with Crippen LogP contribution in [0.5, 0.6) is 0 Å². The van der Waals surface area contributed by atoms with Crippen LogP contribution in [0.15, 0.2) is 77.3 Å². The van der Waals surface area contributed by atoms with Crippen LogP contribution in [0.4, 0.5) is 22.0 Å². The quantitative estimate of drug-likeness (QED) is 0.156. The lowest BCUT2D eigenvalue weighted by molar-refractivity contribution is -0.201. The number of halogens is 6. The van der Waals surface area contributed by atoms with Crippen molar-refractivity contribution >= 4 is 33.7 Å². The molecule has 0 saturated heterocycles. The lowest BCUT2D eigenvalue weighted by Gasteiger charge is -2.37. The van der Waals surface area contributed by atoms with E-state index in [4.69, 9.17) is 0 Å². The van der Waals surface area contributed by atoms with Crippen LogP contribution in [0.2, 0.25) is 0 Å². The van der Waals surface area contributed by atoms with Crippen molar-refractivity contribution in [2.24, 2.45) is 5.92 Å². The molecule has 4 rings (SSSR count). The SMILES string of the molecule is CC(C)(COC(=O)C(F)(F)F)NCC(=O)N[C@@H]1CC[C@@H](C(=O)NC(c2ccc(F)cc2)c2ccc(F)cc2)[C@H](c2ccc(Br)cc2)C1. The summed E-state index contributed by atoms with van der Waals surface area (Å²) in [4.78, 5) is 37.9. The molecule has 1 aliphatic carbocycles. The number of nitrogens with one attached hydrogen (secondary N) is 3. The average Bonchev–Trinajstić information content (AvgIpc) is 3.02. The molecule has 2 amide bonds. The van der Waals surface area contributed by atoms with Crippen molar-refractivity contribution in [1.82, 2.24) is 16.0 Å². The average molecular weight is 725 g/mol. The van der Waals surface area contributed by atoms with Crippen molar-refractivity contribution in [3.63, 3.8) is 0 Å². The van der Waals surface area contributed by atoms with Crippen LogP contribution in [0, 0.1) is 17.6 Å². The molecule has 252 valence electrons. The highest BCUT2D eigenvalue weighted by atomic mass is 79.9. The van der Waals surface area contributed by atoms with Crippen molar-refractivity contribution in [3.8, 4) is 0 Å². The third kappa shape index (κ3) is 10.3. The lowest BCUT2D eigenvalue weighted by Crippen LogP contribution is -2.51. The largest absolute Gasteiger partial charge is 0.490 e. The molecule has 0 unspecified atom stereocenters. The number of carbonyl (C=O) groups is 3. The van der Waals surface area contributed by atoms with Gasteiger partial charge in [0.2, 0.25) is 11.8 Å². The third-order valence-electron chi connectivity index (χ3n) is 8.07. The van der Waals surface area contributed by atoms with Gasteiger partial charge in [0.1, 0.15) is 18.2 Å². The molecule has 7 nitrogen and oxygen atoms in total. The standard InChI is InChI=1S/C34H35BrF5N3O4/c1-33(2,19-47-32(46)34(38,39)40)41-18-29(44)42-26-15-16-27(28(17-26)20-3-9-23(35)10-4-20)31(45)43-30(21-5-11-24(36)12-6-21)22-7-13-25(37)14-8-22/h3-14,26-28,30,41H,15-19H2,1-2H3,(H,42,44)(H,43,45)/t26-,27-,28+/m1/s1. The Hall–Kier alpha value is -3.84. The molecule has 13 heteroatoms. The van der Waals surface area contributed by atoms with Gasteiger partial charge in [0.05, 0.1) is 12.6 Å². The summed E-state index contributed by atoms with van der Waals surface area (Å²) in [5, 5.41) is 8.87. The van der Waals surface area contributed by atoms with Gasteiger partial charge in [-0.2, -0.15) is 13.2 Å². The van der Waals surface area contributed by atoms with Gasteiger partial charge in [-0.15, -0.1) is 0 Å². The van der Waals surface area contributed by atoms with Gasteiger partial charge in [-0.3, -0.25) is 9.59 Å². The van der Waals surface area contributed by atoms with Gasteiger partial charge in [0, 0.05) is 22.0 Å². The predicted molar refractivity (Wildman–Crippen MR) is 168 cm³/mol. The maximum absolute atomic E-state index is 14.0. The number of esters is 1. The summed E-state index contributed by atoms with van der Waals surface area (Å²) >= 11 is 3.43. The molecular formula is C34H35BrF5N3O4. The minimum absolute atomic E-state index is 0.239. The molecule has 0 spiro atoms. The van der Waals surface area contributed by atoms with E-state index < -0.39 is 53.8 Å². The summed E-state index contributed by atoms with van der Waals surface area (Å²) in [6, 6.07) is 18.0. The van der Waals surface area contributed by atoms with E-state index in [1.165, 1.54) is 38.1 Å². The van der Waals surface area contributed by atoms with E-state index in [1.54, 1.807) is 24.3 Å². The molecule has 0 radical (unpaired) electrons. The topological polar surface area (TPSA) is 96.5 Å². The Morgan fingerprint density at radius 3 is 1.96 bits per heavy atom. The van der Waals surface area contributed by atoms with E-state index in [0.29, 0.717) is 30.4 Å². The van der Waals surface area contributed by atoms with Crippen molar-refractivity contribution in [1.29, 1.82) is 0 Å². The Bertz CT molecular complexity index is 1490. The second kappa shape index (κ2) is 15.4. The number of rotatable bonds is 11. The van der Waals surface area contributed by atoms with Crippen LogP contribution in [0.1, 0.15) is 61.8 Å². The molecule has 1 aliphatic rings. The number of hydrogen-bond donors (Lipinski definition) is 3. The molecule has 0 heterocycles. The van der Waals surface area contributed by atoms with Crippen LogP contribution in [0.25, 0.3) is 0 Å². The second-order valence-corrected chi connectivity index (χ2v) is 13.1. The molecule has 47 heavy (non-hydrogen) atoms. The van der Waals surface area contributed by atoms with Crippen LogP contribution < -0.4 is 16.0 Å². The monoisotopic (exact) mass is 723 g/mol. The molecule has 0 aliphatic heterocycles. The molecule has 3 atom stereocenters. The van der Waals surface area contributed by atoms with Crippen molar-refractivity contribution in [2.45, 2.75) is 62.8 Å². The third-order valence-corrected chi connectivity index (χ3v) is 8.60. The molecular weight excluding hydrogens is 689 g/mol. The van der Waals surface area contributed by atoms with Crippen LogP contribution >= 0.6 is 15.9 Å². The zero-order valence-corrected chi connectivity index (χ0v) is 27.3. The Kier molecular flexibility index (Phi) is 11.8. The van der Waals surface area contributed by atoms with Crippen LogP contribution in [-0.2, 0) is 19.1 Å². The maximum Gasteiger partial charge on any atom is 0.490 e. The van der Waals surface area contributed by atoms with Crippen molar-refractivity contribution in [3.05, 3.63) is 106 Å². The summed E-state index contributed by atoms with van der Waals surface area (Å²) < 4.78 is 70.1. The fraction of sp³-hybridized carbons (Fsp3) is 0.382. The number of ether oxygens (including phenoxy) is 1. The van der Waals surface area contributed by atoms with Crippen LogP contribution in [0.3, 0.4) is 0 Å². The number of carbonyl (C=O) groups excluding carboxylic acids is 3. The van der Waals surface area contributed by atoms with E-state index in [1.807, 2.05) is 24.3 Å². The molecule has 0 aromatic heterocycles. The van der Waals surface area contributed by atoms with Gasteiger partial charge >= 0.3 is 12.1 Å². The van der Waals surface area contributed by atoms with Crippen LogP contribution in [-0.4, -0.2) is 48.7 Å². The van der Waals surface area contributed by atoms with E-state index in [2.05, 4.69) is 36.6 Å². The molecule has 3 aromatic rings. The number of benzene rings is 3. The van der Waals surface area contributed by atoms with Gasteiger partial charge in [-0.25, -0.2) is 13.6 Å². The number of alkyl halides is 3. The first-order valence-electron chi connectivity index (χ1n) is 15.0. The summed E-state index contributed by atoms with van der Waals surface area (Å²) in [6.07, 6.45) is -3.79. The highest BCUT2D eigenvalue weighted by Gasteiger charge is 2.42. The molecule has 3 aromatic carbocycles. The van der Waals surface area contributed by atoms with E-state index in [-0.39, 0.29) is 24.4 Å². The molecule has 0 bridgehead atoms. The van der Waals surface area contributed by atoms with E-state index in [0.717, 1.165) is 10.0 Å². The summed E-state index contributed by atoms with van der Waals surface area (Å²) in [6.45, 7) is 2.17. The normalized spacial score (nSPS) is 18.4. The first-order chi connectivity index (χ1) is 22.1. The first-order valence-corrected chi connectivity index (χ1v) is 15.8. The Balaban J connectivity index is 1.46. The number of amides is 2. The Morgan fingerprint density at radius 1 is 0.872 bits per heavy atom. The Labute approximate surface area is 277 Å². The van der Waals surface area contributed by atoms with Gasteiger partial charge in [-0.05, 0) is 92.1 Å². The molecule has 3 N–H and O–H groups in total. The smallest absolute Gasteiger partial charge is 0.457 e. The molecule has 1 fully saturated rings. The lowest BCUT2D eigenvalue weighted by atomic mass is 9.73. The van der Waals surface area contributed by atoms with Crippen molar-refractivity contribution in [2.75, 3.05) is 13.2 Å². The highest BCUT2D eigenvalue weighted by molar-refractivity contribution is 9.10. The number of hydrogen-bond acceptors (Lipinski definition) is 5. The summed E-state index contributed by atoms with van der Waals surface area (Å²) in [7, 11) is 0. The summed E-state index contributed by atoms with van der Waals surface area (Å²) in [5.41, 5.74) is 1.02. The zero-order valence-electron chi connectivity index (χ0n) is 25.7.